The molecule has 4 aromatic rings. The number of nitrogens with zero attached hydrogens (tertiary/aromatic N) is 1. The van der Waals surface area contributed by atoms with Crippen molar-refractivity contribution in [3.8, 4) is 6.07 Å². The van der Waals surface area contributed by atoms with Gasteiger partial charge in [-0.05, 0) is 35.4 Å². The SMILES string of the molecule is N#Cc1cccc(S(=O)(=O)NC[C@H](c2ccccc2)c2c[nH]c3ccccc23)c1. The highest BCUT2D eigenvalue weighted by molar-refractivity contribution is 7.89. The van der Waals surface area contributed by atoms with Crippen LogP contribution >= 0.6 is 0 Å². The molecule has 0 aliphatic heterocycles. The topological polar surface area (TPSA) is 85.8 Å². The molecule has 0 radical (unpaired) electrons. The molecule has 29 heavy (non-hydrogen) atoms. The van der Waals surface area contributed by atoms with Gasteiger partial charge in [0, 0.05) is 29.6 Å². The summed E-state index contributed by atoms with van der Waals surface area (Å²) in [4.78, 5) is 3.35. The number of hydrogen-bond acceptors (Lipinski definition) is 3. The van der Waals surface area contributed by atoms with E-state index in [2.05, 4.69) is 9.71 Å². The lowest BCUT2D eigenvalue weighted by molar-refractivity contribution is 0.577. The van der Waals surface area contributed by atoms with Crippen molar-refractivity contribution in [2.45, 2.75) is 10.8 Å². The third-order valence-corrected chi connectivity index (χ3v) is 6.37. The molecular weight excluding hydrogens is 382 g/mol. The Bertz CT molecular complexity index is 1290. The second-order valence-electron chi connectivity index (χ2n) is 6.74. The lowest BCUT2D eigenvalue weighted by atomic mass is 9.91. The van der Waals surface area contributed by atoms with Crippen LogP contribution in [0.25, 0.3) is 10.9 Å². The molecule has 0 aliphatic rings. The molecule has 1 atom stereocenters. The van der Waals surface area contributed by atoms with E-state index in [4.69, 9.17) is 5.26 Å². The van der Waals surface area contributed by atoms with Crippen LogP contribution in [0.4, 0.5) is 0 Å². The molecule has 0 saturated carbocycles. The fourth-order valence-electron chi connectivity index (χ4n) is 3.48. The van der Waals surface area contributed by atoms with E-state index in [9.17, 15) is 8.42 Å². The number of nitriles is 1. The third-order valence-electron chi connectivity index (χ3n) is 4.95. The Hall–Kier alpha value is -3.40. The van der Waals surface area contributed by atoms with E-state index in [1.165, 1.54) is 12.1 Å². The molecule has 4 rings (SSSR count). The van der Waals surface area contributed by atoms with Crippen molar-refractivity contribution in [1.29, 1.82) is 5.26 Å². The molecule has 144 valence electrons. The Kier molecular flexibility index (Phi) is 5.17. The minimum Gasteiger partial charge on any atom is -0.361 e. The summed E-state index contributed by atoms with van der Waals surface area (Å²) in [6.45, 7) is 0.199. The van der Waals surface area contributed by atoms with E-state index in [1.54, 1.807) is 12.1 Å². The number of aromatic nitrogens is 1. The largest absolute Gasteiger partial charge is 0.361 e. The van der Waals surface area contributed by atoms with E-state index in [0.29, 0.717) is 5.56 Å². The Balaban J connectivity index is 1.69. The zero-order chi connectivity index (χ0) is 20.3. The van der Waals surface area contributed by atoms with Crippen LogP contribution in [0, 0.1) is 11.3 Å². The van der Waals surface area contributed by atoms with Gasteiger partial charge < -0.3 is 4.98 Å². The zero-order valence-corrected chi connectivity index (χ0v) is 16.4. The maximum atomic E-state index is 12.8. The molecule has 0 saturated heterocycles. The number of benzene rings is 3. The molecule has 0 amide bonds. The van der Waals surface area contributed by atoms with E-state index in [-0.39, 0.29) is 17.4 Å². The smallest absolute Gasteiger partial charge is 0.240 e. The van der Waals surface area contributed by atoms with E-state index >= 15 is 0 Å². The second-order valence-corrected chi connectivity index (χ2v) is 8.51. The van der Waals surface area contributed by atoms with Crippen LogP contribution in [0.1, 0.15) is 22.6 Å². The second kappa shape index (κ2) is 7.92. The molecule has 1 aromatic heterocycles. The lowest BCUT2D eigenvalue weighted by Gasteiger charge is -2.18. The first-order chi connectivity index (χ1) is 14.1. The Morgan fingerprint density at radius 1 is 0.966 bits per heavy atom. The van der Waals surface area contributed by atoms with Gasteiger partial charge >= 0.3 is 0 Å². The molecule has 3 aromatic carbocycles. The summed E-state index contributed by atoms with van der Waals surface area (Å²) in [6.07, 6.45) is 1.94. The molecular formula is C23H19N3O2S. The molecule has 0 spiro atoms. The minimum atomic E-state index is -3.75. The van der Waals surface area contributed by atoms with Gasteiger partial charge in [0.2, 0.25) is 10.0 Å². The standard InChI is InChI=1S/C23H19N3O2S/c24-14-17-7-6-10-19(13-17)29(27,28)26-16-21(18-8-2-1-3-9-18)22-15-25-23-12-5-4-11-20(22)23/h1-13,15,21,25-26H,16H2/t21-/m1/s1. The highest BCUT2D eigenvalue weighted by Gasteiger charge is 2.22. The Morgan fingerprint density at radius 3 is 2.52 bits per heavy atom. The van der Waals surface area contributed by atoms with Crippen molar-refractivity contribution in [1.82, 2.24) is 9.71 Å². The average Bonchev–Trinajstić information content (AvgIpc) is 3.19. The van der Waals surface area contributed by atoms with Gasteiger partial charge in [-0.3, -0.25) is 0 Å². The van der Waals surface area contributed by atoms with Gasteiger partial charge in [-0.2, -0.15) is 5.26 Å². The summed E-state index contributed by atoms with van der Waals surface area (Å²) < 4.78 is 28.4. The van der Waals surface area contributed by atoms with Gasteiger partial charge in [0.1, 0.15) is 0 Å². The van der Waals surface area contributed by atoms with Crippen molar-refractivity contribution >= 4 is 20.9 Å². The van der Waals surface area contributed by atoms with Crippen LogP contribution in [0.5, 0.6) is 0 Å². The monoisotopic (exact) mass is 401 g/mol. The van der Waals surface area contributed by atoms with Crippen molar-refractivity contribution in [3.05, 3.63) is 102 Å². The summed E-state index contributed by atoms with van der Waals surface area (Å²) in [5.41, 5.74) is 3.36. The first-order valence-electron chi connectivity index (χ1n) is 9.19. The molecule has 6 heteroatoms. The average molecular weight is 401 g/mol. The fraction of sp³-hybridized carbons (Fsp3) is 0.0870. The summed E-state index contributed by atoms with van der Waals surface area (Å²) in [6, 6.07) is 25.8. The molecule has 5 nitrogen and oxygen atoms in total. The van der Waals surface area contributed by atoms with Gasteiger partial charge in [-0.15, -0.1) is 0 Å². The number of hydrogen-bond donors (Lipinski definition) is 2. The molecule has 0 bridgehead atoms. The van der Waals surface area contributed by atoms with Crippen LogP contribution < -0.4 is 4.72 Å². The molecule has 0 unspecified atom stereocenters. The zero-order valence-electron chi connectivity index (χ0n) is 15.5. The highest BCUT2D eigenvalue weighted by Crippen LogP contribution is 2.30. The summed E-state index contributed by atoms with van der Waals surface area (Å²) in [5, 5.41) is 10.1. The maximum absolute atomic E-state index is 12.8. The molecule has 1 heterocycles. The molecule has 2 N–H and O–H groups in total. The lowest BCUT2D eigenvalue weighted by Crippen LogP contribution is -2.29. The predicted octanol–water partition coefficient (Wildman–Crippen LogP) is 4.15. The van der Waals surface area contributed by atoms with E-state index in [1.807, 2.05) is 66.9 Å². The van der Waals surface area contributed by atoms with Crippen LogP contribution in [0.3, 0.4) is 0 Å². The fourth-order valence-corrected chi connectivity index (χ4v) is 4.58. The number of nitrogens with one attached hydrogen (secondary N) is 2. The predicted molar refractivity (Wildman–Crippen MR) is 113 cm³/mol. The first kappa shape index (κ1) is 18.9. The number of para-hydroxylation sites is 1. The normalized spacial score (nSPS) is 12.5. The third kappa shape index (κ3) is 3.92. The van der Waals surface area contributed by atoms with Gasteiger partial charge in [-0.25, -0.2) is 13.1 Å². The van der Waals surface area contributed by atoms with Crippen LogP contribution in [-0.2, 0) is 10.0 Å². The summed E-state index contributed by atoms with van der Waals surface area (Å²) in [5.74, 6) is -0.165. The number of fused-ring (bicyclic) bond motifs is 1. The van der Waals surface area contributed by atoms with Crippen molar-refractivity contribution in [2.75, 3.05) is 6.54 Å². The van der Waals surface area contributed by atoms with Gasteiger partial charge in [-0.1, -0.05) is 54.6 Å². The van der Waals surface area contributed by atoms with Gasteiger partial charge in [0.25, 0.3) is 0 Å². The summed E-state index contributed by atoms with van der Waals surface area (Å²) in [7, 11) is -3.75. The van der Waals surface area contributed by atoms with Crippen LogP contribution in [0.2, 0.25) is 0 Å². The molecule has 0 fully saturated rings. The van der Waals surface area contributed by atoms with Gasteiger partial charge in [0.15, 0.2) is 0 Å². The Labute approximate surface area is 169 Å². The molecule has 0 aliphatic carbocycles. The first-order valence-corrected chi connectivity index (χ1v) is 10.7. The Morgan fingerprint density at radius 2 is 1.72 bits per heavy atom. The van der Waals surface area contributed by atoms with Crippen molar-refractivity contribution in [3.63, 3.8) is 0 Å². The maximum Gasteiger partial charge on any atom is 0.240 e. The number of sulfonamides is 1. The van der Waals surface area contributed by atoms with Gasteiger partial charge in [0.05, 0.1) is 16.5 Å². The highest BCUT2D eigenvalue weighted by atomic mass is 32.2. The number of rotatable bonds is 6. The van der Waals surface area contributed by atoms with E-state index in [0.717, 1.165) is 22.0 Å². The summed E-state index contributed by atoms with van der Waals surface area (Å²) >= 11 is 0. The number of aromatic amines is 1. The van der Waals surface area contributed by atoms with Crippen molar-refractivity contribution < 1.29 is 8.42 Å². The van der Waals surface area contributed by atoms with Crippen molar-refractivity contribution in [2.24, 2.45) is 0 Å². The minimum absolute atomic E-state index is 0.0855. The van der Waals surface area contributed by atoms with Crippen LogP contribution in [0.15, 0.2) is 90.0 Å². The van der Waals surface area contributed by atoms with E-state index < -0.39 is 10.0 Å². The quantitative estimate of drug-likeness (QED) is 0.509. The number of H-pyrrole nitrogens is 1. The van der Waals surface area contributed by atoms with Crippen LogP contribution in [-0.4, -0.2) is 19.9 Å².